The van der Waals surface area contributed by atoms with Gasteiger partial charge in [-0.05, 0) is 35.9 Å². The summed E-state index contributed by atoms with van der Waals surface area (Å²) in [4.78, 5) is 16.4. The molecular weight excluding hydrogens is 298 g/mol. The van der Waals surface area contributed by atoms with Crippen LogP contribution in [0.1, 0.15) is 21.5 Å². The summed E-state index contributed by atoms with van der Waals surface area (Å²) in [6.45, 7) is 0.419. The Morgan fingerprint density at radius 2 is 1.83 bits per heavy atom. The van der Waals surface area contributed by atoms with Crippen molar-refractivity contribution in [2.75, 3.05) is 0 Å². The molecule has 0 fully saturated rings. The summed E-state index contributed by atoms with van der Waals surface area (Å²) in [5, 5.41) is 11.6. The Morgan fingerprint density at radius 1 is 1.08 bits per heavy atom. The highest BCUT2D eigenvalue weighted by atomic mass is 16.1. The zero-order valence-electron chi connectivity index (χ0n) is 12.9. The fraction of sp³-hybridized carbons (Fsp3) is 0.0500. The number of benzene rings is 2. The Bertz CT molecular complexity index is 864. The van der Waals surface area contributed by atoms with Gasteiger partial charge in [-0.1, -0.05) is 30.3 Å². The molecule has 0 aliphatic rings. The van der Waals surface area contributed by atoms with E-state index in [9.17, 15) is 4.79 Å². The van der Waals surface area contributed by atoms with Gasteiger partial charge in [-0.15, -0.1) is 0 Å². The van der Waals surface area contributed by atoms with Crippen molar-refractivity contribution in [1.82, 2.24) is 10.3 Å². The van der Waals surface area contributed by atoms with Crippen LogP contribution in [-0.4, -0.2) is 10.9 Å². The van der Waals surface area contributed by atoms with Crippen LogP contribution in [0.4, 0.5) is 0 Å². The second kappa shape index (κ2) is 7.21. The van der Waals surface area contributed by atoms with E-state index in [1.807, 2.05) is 30.3 Å². The number of hydrogen-bond donors (Lipinski definition) is 1. The van der Waals surface area contributed by atoms with Crippen molar-refractivity contribution in [3.63, 3.8) is 0 Å². The molecule has 0 aliphatic heterocycles. The second-order valence-corrected chi connectivity index (χ2v) is 5.21. The summed E-state index contributed by atoms with van der Waals surface area (Å²) in [7, 11) is 0. The van der Waals surface area contributed by atoms with Crippen LogP contribution in [0.15, 0.2) is 66.9 Å². The molecule has 1 heterocycles. The summed E-state index contributed by atoms with van der Waals surface area (Å²) in [5.41, 5.74) is 3.94. The lowest BCUT2D eigenvalue weighted by atomic mass is 10.1. The monoisotopic (exact) mass is 312 g/mol. The van der Waals surface area contributed by atoms with E-state index in [-0.39, 0.29) is 5.91 Å². The molecule has 2 aromatic carbocycles. The van der Waals surface area contributed by atoms with Gasteiger partial charge < -0.3 is 5.32 Å². The van der Waals surface area contributed by atoms with Crippen LogP contribution >= 0.6 is 0 Å². The predicted octanol–water partition coefficient (Wildman–Crippen LogP) is 3.35. The highest BCUT2D eigenvalue weighted by molar-refractivity contribution is 5.94. The van der Waals surface area contributed by atoms with Crippen LogP contribution < -0.4 is 5.32 Å². The molecule has 115 valence electrons. The number of carbonyl (C=O) groups is 1. The third-order valence-electron chi connectivity index (χ3n) is 3.59. The molecule has 24 heavy (non-hydrogen) atoms. The maximum atomic E-state index is 12.2. The Labute approximate surface area is 140 Å². The zero-order chi connectivity index (χ0) is 16.8. The van der Waals surface area contributed by atoms with Gasteiger partial charge in [0.15, 0.2) is 0 Å². The average Bonchev–Trinajstić information content (AvgIpc) is 2.67. The fourth-order valence-corrected chi connectivity index (χ4v) is 2.26. The van der Waals surface area contributed by atoms with E-state index in [2.05, 4.69) is 22.4 Å². The SMILES string of the molecule is N#Cc1ccc(CNC(=O)c2ccc(-c3cc[c]cn3)cc2)cc1. The standard InChI is InChI=1S/C20H14N3O/c21-13-15-4-6-16(7-5-15)14-23-20(24)18-10-8-17(9-11-18)19-3-1-2-12-22-19/h1,3-12H,14H2,(H,23,24). The van der Waals surface area contributed by atoms with Gasteiger partial charge in [0.2, 0.25) is 0 Å². The van der Waals surface area contributed by atoms with Gasteiger partial charge in [-0.3, -0.25) is 9.78 Å². The molecule has 1 amide bonds. The molecule has 4 heteroatoms. The number of nitriles is 1. The van der Waals surface area contributed by atoms with Crippen LogP contribution in [0.2, 0.25) is 0 Å². The Kier molecular flexibility index (Phi) is 4.64. The van der Waals surface area contributed by atoms with Gasteiger partial charge in [0.05, 0.1) is 17.3 Å². The van der Waals surface area contributed by atoms with E-state index in [1.165, 1.54) is 0 Å². The molecule has 3 aromatic rings. The lowest BCUT2D eigenvalue weighted by Crippen LogP contribution is -2.22. The van der Waals surface area contributed by atoms with Crippen molar-refractivity contribution in [2.24, 2.45) is 0 Å². The summed E-state index contributed by atoms with van der Waals surface area (Å²) < 4.78 is 0. The number of rotatable bonds is 4. The fourth-order valence-electron chi connectivity index (χ4n) is 2.26. The molecule has 0 bridgehead atoms. The number of amides is 1. The van der Waals surface area contributed by atoms with Gasteiger partial charge in [-0.25, -0.2) is 0 Å². The van der Waals surface area contributed by atoms with E-state index in [1.54, 1.807) is 36.5 Å². The Hall–Kier alpha value is -3.45. The highest BCUT2D eigenvalue weighted by Gasteiger charge is 2.06. The average molecular weight is 312 g/mol. The van der Waals surface area contributed by atoms with E-state index < -0.39 is 0 Å². The van der Waals surface area contributed by atoms with Gasteiger partial charge in [-0.2, -0.15) is 5.26 Å². The van der Waals surface area contributed by atoms with Crippen molar-refractivity contribution < 1.29 is 4.79 Å². The van der Waals surface area contributed by atoms with E-state index in [4.69, 9.17) is 5.26 Å². The van der Waals surface area contributed by atoms with E-state index in [0.717, 1.165) is 16.8 Å². The first-order chi connectivity index (χ1) is 11.8. The summed E-state index contributed by atoms with van der Waals surface area (Å²) >= 11 is 0. The first kappa shape index (κ1) is 15.4. The number of pyridine rings is 1. The molecule has 0 unspecified atom stereocenters. The summed E-state index contributed by atoms with van der Waals surface area (Å²) in [5.74, 6) is -0.139. The smallest absolute Gasteiger partial charge is 0.251 e. The van der Waals surface area contributed by atoms with Crippen LogP contribution in [0.25, 0.3) is 11.3 Å². The third-order valence-corrected chi connectivity index (χ3v) is 3.59. The number of nitrogens with zero attached hydrogens (tertiary/aromatic N) is 2. The lowest BCUT2D eigenvalue weighted by Gasteiger charge is -2.06. The van der Waals surface area contributed by atoms with Crippen molar-refractivity contribution in [3.05, 3.63) is 89.6 Å². The van der Waals surface area contributed by atoms with Crippen LogP contribution in [0, 0.1) is 17.4 Å². The highest BCUT2D eigenvalue weighted by Crippen LogP contribution is 2.16. The number of carbonyl (C=O) groups excluding carboxylic acids is 1. The molecule has 1 aromatic heterocycles. The first-order valence-electron chi connectivity index (χ1n) is 7.46. The number of nitrogens with one attached hydrogen (secondary N) is 1. The lowest BCUT2D eigenvalue weighted by molar-refractivity contribution is 0.0951. The van der Waals surface area contributed by atoms with E-state index in [0.29, 0.717) is 17.7 Å². The maximum absolute atomic E-state index is 12.2. The Balaban J connectivity index is 1.63. The normalized spacial score (nSPS) is 9.96. The summed E-state index contributed by atoms with van der Waals surface area (Å²) in [6.07, 6.45) is 1.62. The van der Waals surface area contributed by atoms with E-state index >= 15 is 0 Å². The van der Waals surface area contributed by atoms with Crippen LogP contribution in [-0.2, 0) is 6.54 Å². The van der Waals surface area contributed by atoms with Gasteiger partial charge in [0, 0.05) is 29.9 Å². The molecule has 0 saturated carbocycles. The molecule has 0 saturated heterocycles. The molecular formula is C20H14N3O. The second-order valence-electron chi connectivity index (χ2n) is 5.21. The minimum Gasteiger partial charge on any atom is -0.348 e. The van der Waals surface area contributed by atoms with Crippen LogP contribution in [0.5, 0.6) is 0 Å². The molecule has 4 nitrogen and oxygen atoms in total. The third kappa shape index (κ3) is 3.65. The van der Waals surface area contributed by atoms with Crippen molar-refractivity contribution in [3.8, 4) is 17.3 Å². The molecule has 0 spiro atoms. The molecule has 3 rings (SSSR count). The van der Waals surface area contributed by atoms with Gasteiger partial charge in [0.1, 0.15) is 0 Å². The zero-order valence-corrected chi connectivity index (χ0v) is 12.9. The summed E-state index contributed by atoms with van der Waals surface area (Å²) in [6, 6.07) is 23.1. The van der Waals surface area contributed by atoms with Crippen molar-refractivity contribution in [2.45, 2.75) is 6.54 Å². The number of hydrogen-bond acceptors (Lipinski definition) is 3. The van der Waals surface area contributed by atoms with Crippen LogP contribution in [0.3, 0.4) is 0 Å². The van der Waals surface area contributed by atoms with Crippen molar-refractivity contribution in [1.29, 1.82) is 5.26 Å². The Morgan fingerprint density at radius 3 is 2.46 bits per heavy atom. The predicted molar refractivity (Wildman–Crippen MR) is 90.8 cm³/mol. The van der Waals surface area contributed by atoms with Gasteiger partial charge in [0.25, 0.3) is 5.91 Å². The molecule has 1 N–H and O–H groups in total. The maximum Gasteiger partial charge on any atom is 0.251 e. The number of aromatic nitrogens is 1. The topological polar surface area (TPSA) is 65.8 Å². The van der Waals surface area contributed by atoms with Crippen molar-refractivity contribution >= 4 is 5.91 Å². The first-order valence-corrected chi connectivity index (χ1v) is 7.46. The minimum atomic E-state index is -0.139. The molecule has 1 radical (unpaired) electrons. The molecule has 0 atom stereocenters. The minimum absolute atomic E-state index is 0.139. The van der Waals surface area contributed by atoms with Gasteiger partial charge >= 0.3 is 0 Å². The quantitative estimate of drug-likeness (QED) is 0.803. The largest absolute Gasteiger partial charge is 0.348 e. The molecule has 0 aliphatic carbocycles.